The lowest BCUT2D eigenvalue weighted by Gasteiger charge is -2.13. The standard InChI is InChI=1S/C18H20N4O2/c1-4-14-11-13(2)9-10-17(14)24-12-15-7-5-6-8-16(15)22-18(23)21(3)19-20-22/h5-11H,4,12H2,1-3H3. The van der Waals surface area contributed by atoms with Crippen LogP contribution in [-0.4, -0.2) is 19.8 Å². The molecule has 6 heteroatoms. The summed E-state index contributed by atoms with van der Waals surface area (Å²) in [6.07, 6.45) is 0.905. The van der Waals surface area contributed by atoms with E-state index in [4.69, 9.17) is 4.74 Å². The fraction of sp³-hybridized carbons (Fsp3) is 0.278. The number of ether oxygens (including phenoxy) is 1. The summed E-state index contributed by atoms with van der Waals surface area (Å²) in [5.41, 5.74) is 3.66. The van der Waals surface area contributed by atoms with E-state index < -0.39 is 0 Å². The van der Waals surface area contributed by atoms with E-state index in [1.165, 1.54) is 20.5 Å². The maximum Gasteiger partial charge on any atom is 0.368 e. The maximum atomic E-state index is 12.1. The largest absolute Gasteiger partial charge is 0.489 e. The summed E-state index contributed by atoms with van der Waals surface area (Å²) in [4.78, 5) is 12.1. The van der Waals surface area contributed by atoms with E-state index in [1.54, 1.807) is 7.05 Å². The van der Waals surface area contributed by atoms with Crippen LogP contribution in [0, 0.1) is 6.92 Å². The Hall–Kier alpha value is -2.89. The molecule has 0 atom stereocenters. The Morgan fingerprint density at radius 1 is 1.08 bits per heavy atom. The topological polar surface area (TPSA) is 61.9 Å². The van der Waals surface area contributed by atoms with E-state index in [1.807, 2.05) is 36.4 Å². The minimum atomic E-state index is -0.285. The van der Waals surface area contributed by atoms with Gasteiger partial charge < -0.3 is 4.74 Å². The summed E-state index contributed by atoms with van der Waals surface area (Å²) in [7, 11) is 1.57. The highest BCUT2D eigenvalue weighted by molar-refractivity contribution is 5.41. The van der Waals surface area contributed by atoms with E-state index in [-0.39, 0.29) is 5.69 Å². The number of benzene rings is 2. The third-order valence-corrected chi connectivity index (χ3v) is 3.92. The summed E-state index contributed by atoms with van der Waals surface area (Å²) in [5, 5.41) is 7.67. The van der Waals surface area contributed by atoms with Gasteiger partial charge in [0.15, 0.2) is 0 Å². The molecule has 0 bridgehead atoms. The second-order valence-electron chi connectivity index (χ2n) is 5.68. The smallest absolute Gasteiger partial charge is 0.368 e. The Morgan fingerprint density at radius 3 is 2.58 bits per heavy atom. The zero-order chi connectivity index (χ0) is 17.1. The predicted molar refractivity (Wildman–Crippen MR) is 91.5 cm³/mol. The van der Waals surface area contributed by atoms with Crippen LogP contribution in [0.1, 0.15) is 23.6 Å². The van der Waals surface area contributed by atoms with E-state index in [9.17, 15) is 4.79 Å². The Balaban J connectivity index is 1.90. The lowest BCUT2D eigenvalue weighted by atomic mass is 10.1. The Kier molecular flexibility index (Phi) is 4.46. The minimum Gasteiger partial charge on any atom is -0.489 e. The zero-order valence-corrected chi connectivity index (χ0v) is 14.1. The molecule has 0 spiro atoms. The minimum absolute atomic E-state index is 0.285. The second kappa shape index (κ2) is 6.70. The van der Waals surface area contributed by atoms with E-state index in [2.05, 4.69) is 30.3 Å². The van der Waals surface area contributed by atoms with Crippen molar-refractivity contribution >= 4 is 0 Å². The van der Waals surface area contributed by atoms with Crippen LogP contribution >= 0.6 is 0 Å². The van der Waals surface area contributed by atoms with Crippen LogP contribution in [0.2, 0.25) is 0 Å². The molecule has 1 heterocycles. The molecule has 0 radical (unpaired) electrons. The molecule has 0 fully saturated rings. The van der Waals surface area contributed by atoms with Gasteiger partial charge >= 0.3 is 5.69 Å². The summed E-state index contributed by atoms with van der Waals surface area (Å²) in [6, 6.07) is 13.7. The first-order chi connectivity index (χ1) is 11.6. The van der Waals surface area contributed by atoms with Crippen LogP contribution in [0.5, 0.6) is 5.75 Å². The van der Waals surface area contributed by atoms with Crippen LogP contribution in [-0.2, 0) is 20.1 Å². The number of hydrogen-bond acceptors (Lipinski definition) is 4. The van der Waals surface area contributed by atoms with Gasteiger partial charge in [-0.05, 0) is 41.5 Å². The molecule has 2 aromatic carbocycles. The number of aromatic nitrogens is 4. The number of tetrazole rings is 1. The molecule has 0 saturated carbocycles. The van der Waals surface area contributed by atoms with Crippen LogP contribution in [0.3, 0.4) is 0 Å². The normalized spacial score (nSPS) is 10.8. The van der Waals surface area contributed by atoms with Crippen LogP contribution in [0.15, 0.2) is 47.3 Å². The number of aryl methyl sites for hydroxylation is 3. The van der Waals surface area contributed by atoms with Crippen molar-refractivity contribution in [2.45, 2.75) is 26.9 Å². The van der Waals surface area contributed by atoms with Gasteiger partial charge in [-0.2, -0.15) is 9.36 Å². The average molecular weight is 324 g/mol. The molecule has 124 valence electrons. The Labute approximate surface area is 140 Å². The first kappa shape index (κ1) is 16.0. The van der Waals surface area contributed by atoms with E-state index >= 15 is 0 Å². The van der Waals surface area contributed by atoms with E-state index in [0.29, 0.717) is 12.3 Å². The number of para-hydroxylation sites is 1. The molecule has 3 aromatic rings. The van der Waals surface area contributed by atoms with Crippen molar-refractivity contribution in [3.63, 3.8) is 0 Å². The molecule has 0 N–H and O–H groups in total. The van der Waals surface area contributed by atoms with Crippen LogP contribution in [0.4, 0.5) is 0 Å². The van der Waals surface area contributed by atoms with Crippen molar-refractivity contribution in [2.24, 2.45) is 7.05 Å². The number of rotatable bonds is 5. The summed E-state index contributed by atoms with van der Waals surface area (Å²) < 4.78 is 8.50. The number of hydrogen-bond donors (Lipinski definition) is 0. The van der Waals surface area contributed by atoms with Crippen molar-refractivity contribution in [2.75, 3.05) is 0 Å². The SMILES string of the molecule is CCc1cc(C)ccc1OCc1ccccc1-n1nnn(C)c1=O. The highest BCUT2D eigenvalue weighted by atomic mass is 16.5. The first-order valence-electron chi connectivity index (χ1n) is 7.89. The van der Waals surface area contributed by atoms with Crippen molar-refractivity contribution in [1.29, 1.82) is 0 Å². The highest BCUT2D eigenvalue weighted by Gasteiger charge is 2.11. The fourth-order valence-corrected chi connectivity index (χ4v) is 2.59. The van der Waals surface area contributed by atoms with Gasteiger partial charge in [0.05, 0.1) is 5.69 Å². The van der Waals surface area contributed by atoms with Crippen molar-refractivity contribution in [3.8, 4) is 11.4 Å². The molecule has 1 aromatic heterocycles. The Morgan fingerprint density at radius 2 is 1.88 bits per heavy atom. The van der Waals surface area contributed by atoms with Gasteiger partial charge in [0, 0.05) is 12.6 Å². The maximum absolute atomic E-state index is 12.1. The molecule has 3 rings (SSSR count). The fourth-order valence-electron chi connectivity index (χ4n) is 2.59. The molecule has 6 nitrogen and oxygen atoms in total. The molecule has 0 aliphatic rings. The molecule has 0 unspecified atom stereocenters. The monoisotopic (exact) mass is 324 g/mol. The molecule has 0 aliphatic carbocycles. The predicted octanol–water partition coefficient (Wildman–Crippen LogP) is 2.42. The summed E-state index contributed by atoms with van der Waals surface area (Å²) in [6.45, 7) is 4.53. The second-order valence-corrected chi connectivity index (χ2v) is 5.68. The van der Waals surface area contributed by atoms with E-state index in [0.717, 1.165) is 17.7 Å². The lowest BCUT2D eigenvalue weighted by Crippen LogP contribution is -2.23. The molecule has 0 aliphatic heterocycles. The van der Waals surface area contributed by atoms with Gasteiger partial charge in [-0.15, -0.1) is 0 Å². The van der Waals surface area contributed by atoms with Gasteiger partial charge in [-0.25, -0.2) is 4.79 Å². The summed E-state index contributed by atoms with van der Waals surface area (Å²) in [5.74, 6) is 0.865. The number of nitrogens with zero attached hydrogens (tertiary/aromatic N) is 4. The lowest BCUT2D eigenvalue weighted by molar-refractivity contribution is 0.302. The molecular weight excluding hydrogens is 304 g/mol. The van der Waals surface area contributed by atoms with Gasteiger partial charge in [-0.1, -0.05) is 42.8 Å². The van der Waals surface area contributed by atoms with Crippen molar-refractivity contribution in [3.05, 3.63) is 69.6 Å². The molecule has 24 heavy (non-hydrogen) atoms. The van der Waals surface area contributed by atoms with Gasteiger partial charge in [0.25, 0.3) is 0 Å². The third kappa shape index (κ3) is 3.08. The van der Waals surface area contributed by atoms with Crippen molar-refractivity contribution in [1.82, 2.24) is 19.8 Å². The Bertz CT molecular complexity index is 911. The van der Waals surface area contributed by atoms with Gasteiger partial charge in [0.2, 0.25) is 0 Å². The first-order valence-corrected chi connectivity index (χ1v) is 7.89. The van der Waals surface area contributed by atoms with Gasteiger partial charge in [-0.3, -0.25) is 0 Å². The summed E-state index contributed by atoms with van der Waals surface area (Å²) >= 11 is 0. The highest BCUT2D eigenvalue weighted by Crippen LogP contribution is 2.23. The molecular formula is C18H20N4O2. The molecule has 0 amide bonds. The third-order valence-electron chi connectivity index (χ3n) is 3.92. The van der Waals surface area contributed by atoms with Crippen molar-refractivity contribution < 1.29 is 4.74 Å². The van der Waals surface area contributed by atoms with Gasteiger partial charge in [0.1, 0.15) is 12.4 Å². The van der Waals surface area contributed by atoms with Crippen LogP contribution < -0.4 is 10.4 Å². The quantitative estimate of drug-likeness (QED) is 0.723. The zero-order valence-electron chi connectivity index (χ0n) is 14.1. The average Bonchev–Trinajstić information content (AvgIpc) is 2.93. The van der Waals surface area contributed by atoms with Crippen LogP contribution in [0.25, 0.3) is 5.69 Å². The molecule has 0 saturated heterocycles.